The van der Waals surface area contributed by atoms with Crippen molar-refractivity contribution < 1.29 is 4.79 Å². The van der Waals surface area contributed by atoms with Crippen LogP contribution in [-0.4, -0.2) is 26.5 Å². The first-order valence-electron chi connectivity index (χ1n) is 9.38. The molecule has 1 N–H and O–H groups in total. The van der Waals surface area contributed by atoms with Crippen molar-refractivity contribution >= 4 is 35.1 Å². The summed E-state index contributed by atoms with van der Waals surface area (Å²) >= 11 is 2.86. The maximum atomic E-state index is 13.2. The second-order valence-electron chi connectivity index (χ2n) is 6.99. The van der Waals surface area contributed by atoms with Crippen LogP contribution in [0, 0.1) is 6.92 Å². The van der Waals surface area contributed by atoms with E-state index in [1.165, 1.54) is 11.8 Å². The number of nitrogens with zero attached hydrogens (tertiary/aromatic N) is 2. The molecule has 2 heterocycles. The first-order chi connectivity index (χ1) is 14.0. The van der Waals surface area contributed by atoms with Crippen LogP contribution in [0.25, 0.3) is 5.69 Å². The Hall–Kier alpha value is -2.51. The average molecular weight is 424 g/mol. The Morgan fingerprint density at radius 1 is 1.24 bits per heavy atom. The number of thioether (sulfide) groups is 2. The number of nitrogens with one attached hydrogen (secondary N) is 1. The zero-order valence-electron chi connectivity index (χ0n) is 16.2. The Balaban J connectivity index is 1.61. The van der Waals surface area contributed by atoms with Crippen molar-refractivity contribution in [3.63, 3.8) is 0 Å². The Kier molecular flexibility index (Phi) is 5.78. The summed E-state index contributed by atoms with van der Waals surface area (Å²) in [5, 5.41) is 3.79. The van der Waals surface area contributed by atoms with E-state index in [0.717, 1.165) is 33.9 Å². The first kappa shape index (κ1) is 19.8. The van der Waals surface area contributed by atoms with Gasteiger partial charge in [0, 0.05) is 17.4 Å². The summed E-state index contributed by atoms with van der Waals surface area (Å²) in [4.78, 5) is 31.1. The summed E-state index contributed by atoms with van der Waals surface area (Å²) in [6, 6.07) is 17.1. The van der Waals surface area contributed by atoms with Crippen molar-refractivity contribution in [1.82, 2.24) is 9.55 Å². The molecule has 148 valence electrons. The summed E-state index contributed by atoms with van der Waals surface area (Å²) in [7, 11) is 0. The van der Waals surface area contributed by atoms with Crippen molar-refractivity contribution in [2.75, 3.05) is 11.1 Å². The molecule has 5 nitrogen and oxygen atoms in total. The van der Waals surface area contributed by atoms with E-state index in [9.17, 15) is 9.59 Å². The van der Waals surface area contributed by atoms with Gasteiger partial charge in [-0.05, 0) is 36.8 Å². The van der Waals surface area contributed by atoms with Gasteiger partial charge in [-0.1, -0.05) is 49.0 Å². The predicted octanol–water partition coefficient (Wildman–Crippen LogP) is 4.31. The molecule has 1 aliphatic heterocycles. The molecule has 2 aromatic carbocycles. The van der Waals surface area contributed by atoms with Crippen LogP contribution in [0.2, 0.25) is 0 Å². The van der Waals surface area contributed by atoms with Crippen molar-refractivity contribution in [3.8, 4) is 5.69 Å². The Bertz CT molecular complexity index is 1110. The molecule has 4 rings (SSSR count). The number of hydrogen-bond donors (Lipinski definition) is 1. The zero-order chi connectivity index (χ0) is 20.4. The highest BCUT2D eigenvalue weighted by Crippen LogP contribution is 2.34. The Morgan fingerprint density at radius 3 is 2.79 bits per heavy atom. The summed E-state index contributed by atoms with van der Waals surface area (Å²) in [5.41, 5.74) is 3.39. The molecule has 1 atom stereocenters. The van der Waals surface area contributed by atoms with Gasteiger partial charge in [-0.2, -0.15) is 0 Å². The fourth-order valence-electron chi connectivity index (χ4n) is 3.25. The maximum Gasteiger partial charge on any atom is 0.272 e. The van der Waals surface area contributed by atoms with Crippen LogP contribution in [0.5, 0.6) is 0 Å². The molecule has 0 saturated heterocycles. The number of aromatic nitrogens is 2. The number of carbonyl (C=O) groups excluding carboxylic acids is 1. The van der Waals surface area contributed by atoms with Gasteiger partial charge in [0.1, 0.15) is 0 Å². The summed E-state index contributed by atoms with van der Waals surface area (Å²) in [6.45, 7) is 4.08. The fraction of sp³-hybridized carbons (Fsp3) is 0.227. The van der Waals surface area contributed by atoms with Gasteiger partial charge in [0.25, 0.3) is 5.56 Å². The highest BCUT2D eigenvalue weighted by Gasteiger charge is 2.27. The highest BCUT2D eigenvalue weighted by molar-refractivity contribution is 8.00. The van der Waals surface area contributed by atoms with Crippen LogP contribution in [-0.2, 0) is 11.2 Å². The second-order valence-corrected chi connectivity index (χ2v) is 9.38. The van der Waals surface area contributed by atoms with Gasteiger partial charge >= 0.3 is 0 Å². The molecule has 29 heavy (non-hydrogen) atoms. The van der Waals surface area contributed by atoms with E-state index < -0.39 is 0 Å². The number of rotatable bonds is 5. The van der Waals surface area contributed by atoms with Crippen LogP contribution in [0.4, 0.5) is 5.69 Å². The van der Waals surface area contributed by atoms with Crippen LogP contribution < -0.4 is 10.9 Å². The molecule has 1 unspecified atom stereocenters. The standard InChI is InChI=1S/C22H21N3O2S2/c1-14-7-6-8-16(11-14)23-19(26)13-28-22-24-18-12-15(2)29-20(18)21(27)25(22)17-9-4-3-5-10-17/h3-11,15H,12-13H2,1-2H3,(H,23,26). The number of carbonyl (C=O) groups is 1. The van der Waals surface area contributed by atoms with Gasteiger partial charge in [0.05, 0.1) is 22.0 Å². The summed E-state index contributed by atoms with van der Waals surface area (Å²) < 4.78 is 1.62. The molecule has 0 spiro atoms. The van der Waals surface area contributed by atoms with Gasteiger partial charge in [-0.3, -0.25) is 14.2 Å². The van der Waals surface area contributed by atoms with Crippen molar-refractivity contribution in [2.24, 2.45) is 0 Å². The normalized spacial score (nSPS) is 15.2. The third-order valence-corrected chi connectivity index (χ3v) is 6.68. The third kappa shape index (κ3) is 4.41. The predicted molar refractivity (Wildman–Crippen MR) is 119 cm³/mol. The molecule has 3 aromatic rings. The molecule has 0 bridgehead atoms. The second kappa shape index (κ2) is 8.47. The quantitative estimate of drug-likeness (QED) is 0.489. The SMILES string of the molecule is Cc1cccc(NC(=O)CSc2nc3c(c(=O)n2-c2ccccc2)SC(C)C3)c1. The minimum Gasteiger partial charge on any atom is -0.325 e. The maximum absolute atomic E-state index is 13.2. The van der Waals surface area contributed by atoms with Crippen molar-refractivity contribution in [3.05, 3.63) is 76.2 Å². The number of hydrogen-bond acceptors (Lipinski definition) is 5. The largest absolute Gasteiger partial charge is 0.325 e. The molecule has 1 aliphatic rings. The van der Waals surface area contributed by atoms with E-state index >= 15 is 0 Å². The molecule has 0 fully saturated rings. The van der Waals surface area contributed by atoms with Crippen molar-refractivity contribution in [1.29, 1.82) is 0 Å². The lowest BCUT2D eigenvalue weighted by Crippen LogP contribution is -2.24. The van der Waals surface area contributed by atoms with Gasteiger partial charge in [-0.15, -0.1) is 11.8 Å². The highest BCUT2D eigenvalue weighted by atomic mass is 32.2. The number of fused-ring (bicyclic) bond motifs is 1. The third-order valence-electron chi connectivity index (χ3n) is 4.53. The molecular weight excluding hydrogens is 402 g/mol. The number of para-hydroxylation sites is 1. The first-order valence-corrected chi connectivity index (χ1v) is 11.2. The monoisotopic (exact) mass is 423 g/mol. The van der Waals surface area contributed by atoms with E-state index in [-0.39, 0.29) is 17.2 Å². The van der Waals surface area contributed by atoms with Gasteiger partial charge in [-0.25, -0.2) is 4.98 Å². The van der Waals surface area contributed by atoms with Crippen LogP contribution in [0.15, 0.2) is 69.4 Å². The fourth-order valence-corrected chi connectivity index (χ4v) is 5.18. The average Bonchev–Trinajstić information content (AvgIpc) is 3.08. The lowest BCUT2D eigenvalue weighted by atomic mass is 10.2. The van der Waals surface area contributed by atoms with Gasteiger partial charge in [0.2, 0.25) is 5.91 Å². The molecule has 7 heteroatoms. The lowest BCUT2D eigenvalue weighted by Gasteiger charge is -2.13. The Morgan fingerprint density at radius 2 is 2.03 bits per heavy atom. The topological polar surface area (TPSA) is 64.0 Å². The van der Waals surface area contributed by atoms with E-state index in [0.29, 0.717) is 10.4 Å². The zero-order valence-corrected chi connectivity index (χ0v) is 17.8. The molecule has 1 aromatic heterocycles. The van der Waals surface area contributed by atoms with Gasteiger partial charge < -0.3 is 5.32 Å². The van der Waals surface area contributed by atoms with Crippen LogP contribution in [0.3, 0.4) is 0 Å². The van der Waals surface area contributed by atoms with E-state index in [2.05, 4.69) is 12.2 Å². The molecule has 0 saturated carbocycles. The van der Waals surface area contributed by atoms with Crippen molar-refractivity contribution in [2.45, 2.75) is 35.6 Å². The number of anilines is 1. The van der Waals surface area contributed by atoms with Gasteiger partial charge in [0.15, 0.2) is 5.16 Å². The van der Waals surface area contributed by atoms with E-state index in [1.54, 1.807) is 16.3 Å². The lowest BCUT2D eigenvalue weighted by molar-refractivity contribution is -0.113. The smallest absolute Gasteiger partial charge is 0.272 e. The number of amides is 1. The number of benzene rings is 2. The Labute approximate surface area is 177 Å². The molecule has 0 radical (unpaired) electrons. The van der Waals surface area contributed by atoms with E-state index in [1.807, 2.05) is 61.5 Å². The number of aryl methyl sites for hydroxylation is 1. The summed E-state index contributed by atoms with van der Waals surface area (Å²) in [5.74, 6) is 0.0482. The molecule has 1 amide bonds. The minimum absolute atomic E-state index is 0.0582. The molecule has 0 aliphatic carbocycles. The summed E-state index contributed by atoms with van der Waals surface area (Å²) in [6.07, 6.45) is 0.772. The molecular formula is C22H21N3O2S2. The van der Waals surface area contributed by atoms with Crippen LogP contribution >= 0.6 is 23.5 Å². The van der Waals surface area contributed by atoms with Crippen LogP contribution in [0.1, 0.15) is 18.2 Å². The van der Waals surface area contributed by atoms with E-state index in [4.69, 9.17) is 4.98 Å². The minimum atomic E-state index is -0.127.